The van der Waals surface area contributed by atoms with Gasteiger partial charge in [-0.2, -0.15) is 0 Å². The molecule has 1 heterocycles. The Bertz CT molecular complexity index is 387. The first-order chi connectivity index (χ1) is 8.15. The first-order valence-electron chi connectivity index (χ1n) is 6.57. The number of nitrogens with one attached hydrogen (secondary N) is 1. The van der Waals surface area contributed by atoms with Crippen LogP contribution in [0.2, 0.25) is 0 Å². The van der Waals surface area contributed by atoms with Crippen LogP contribution >= 0.6 is 0 Å². The number of hydrogen-bond acceptors (Lipinski definition) is 2. The van der Waals surface area contributed by atoms with Crippen molar-refractivity contribution in [1.82, 2.24) is 5.32 Å². The molecule has 0 saturated heterocycles. The Morgan fingerprint density at radius 2 is 2.00 bits per heavy atom. The van der Waals surface area contributed by atoms with E-state index >= 15 is 0 Å². The molecule has 1 N–H and O–H groups in total. The lowest BCUT2D eigenvalue weighted by atomic mass is 9.85. The molecule has 1 aromatic carbocycles. The zero-order valence-corrected chi connectivity index (χ0v) is 11.3. The van der Waals surface area contributed by atoms with Gasteiger partial charge in [0.1, 0.15) is 5.75 Å². The summed E-state index contributed by atoms with van der Waals surface area (Å²) in [5, 5.41) is 3.45. The fourth-order valence-electron chi connectivity index (χ4n) is 2.57. The second-order valence-corrected chi connectivity index (χ2v) is 5.30. The maximum atomic E-state index is 5.80. The first-order valence-corrected chi connectivity index (χ1v) is 6.57. The molecule has 17 heavy (non-hydrogen) atoms. The molecule has 0 aliphatic carbocycles. The zero-order valence-electron chi connectivity index (χ0n) is 11.3. The molecule has 1 aromatic rings. The van der Waals surface area contributed by atoms with Gasteiger partial charge in [-0.3, -0.25) is 0 Å². The molecule has 1 aliphatic rings. The van der Waals surface area contributed by atoms with Gasteiger partial charge in [0.2, 0.25) is 0 Å². The maximum absolute atomic E-state index is 5.80. The third kappa shape index (κ3) is 2.32. The van der Waals surface area contributed by atoms with Gasteiger partial charge in [0.15, 0.2) is 0 Å². The summed E-state index contributed by atoms with van der Waals surface area (Å²) >= 11 is 0. The van der Waals surface area contributed by atoms with Crippen molar-refractivity contribution in [3.05, 3.63) is 29.3 Å². The first kappa shape index (κ1) is 12.4. The summed E-state index contributed by atoms with van der Waals surface area (Å²) in [5.41, 5.74) is 2.68. The van der Waals surface area contributed by atoms with Gasteiger partial charge in [-0.25, -0.2) is 0 Å². The van der Waals surface area contributed by atoms with Crippen LogP contribution in [0.15, 0.2) is 18.2 Å². The van der Waals surface area contributed by atoms with Gasteiger partial charge in [-0.05, 0) is 24.4 Å². The number of hydrogen-bond donors (Lipinski definition) is 1. The van der Waals surface area contributed by atoms with Crippen LogP contribution in [0, 0.1) is 11.8 Å². The number of rotatable bonds is 4. The Morgan fingerprint density at radius 1 is 1.24 bits per heavy atom. The Hall–Kier alpha value is -1.02. The second-order valence-electron chi connectivity index (χ2n) is 5.30. The molecular weight excluding hydrogens is 210 g/mol. The molecular formula is C15H23NO. The van der Waals surface area contributed by atoms with Gasteiger partial charge >= 0.3 is 0 Å². The number of para-hydroxylation sites is 1. The van der Waals surface area contributed by atoms with Crippen molar-refractivity contribution in [2.24, 2.45) is 11.8 Å². The van der Waals surface area contributed by atoms with E-state index in [-0.39, 0.29) is 0 Å². The van der Waals surface area contributed by atoms with E-state index in [0.29, 0.717) is 17.9 Å². The molecule has 0 radical (unpaired) electrons. The lowest BCUT2D eigenvalue weighted by molar-refractivity contribution is 0.300. The Balaban J connectivity index is 2.35. The highest BCUT2D eigenvalue weighted by molar-refractivity contribution is 5.45. The summed E-state index contributed by atoms with van der Waals surface area (Å²) in [6.07, 6.45) is 1.05. The van der Waals surface area contributed by atoms with Crippen molar-refractivity contribution >= 4 is 0 Å². The summed E-state index contributed by atoms with van der Waals surface area (Å²) in [6.45, 7) is 7.69. The van der Waals surface area contributed by atoms with Crippen molar-refractivity contribution in [2.75, 3.05) is 13.7 Å². The molecule has 2 unspecified atom stereocenters. The van der Waals surface area contributed by atoms with E-state index in [1.807, 2.05) is 7.05 Å². The van der Waals surface area contributed by atoms with Crippen molar-refractivity contribution in [1.29, 1.82) is 0 Å². The standard InChI is InChI=1S/C15H23NO/c1-10(2)11(3)14(16-4)13-7-5-6-12-8-9-17-15(12)13/h5-7,10-11,14,16H,8-9H2,1-4H3. The maximum Gasteiger partial charge on any atom is 0.127 e. The van der Waals surface area contributed by atoms with Crippen molar-refractivity contribution in [3.63, 3.8) is 0 Å². The molecule has 0 aromatic heterocycles. The second kappa shape index (κ2) is 5.09. The molecule has 0 fully saturated rings. The minimum Gasteiger partial charge on any atom is -0.493 e. The monoisotopic (exact) mass is 233 g/mol. The lowest BCUT2D eigenvalue weighted by Crippen LogP contribution is -2.27. The van der Waals surface area contributed by atoms with Gasteiger partial charge < -0.3 is 10.1 Å². The molecule has 2 rings (SSSR count). The summed E-state index contributed by atoms with van der Waals surface area (Å²) in [6, 6.07) is 6.91. The molecule has 2 heteroatoms. The van der Waals surface area contributed by atoms with E-state index < -0.39 is 0 Å². The Morgan fingerprint density at radius 3 is 2.65 bits per heavy atom. The van der Waals surface area contributed by atoms with Crippen LogP contribution in [0.5, 0.6) is 5.75 Å². The lowest BCUT2D eigenvalue weighted by Gasteiger charge is -2.28. The smallest absolute Gasteiger partial charge is 0.127 e. The molecule has 94 valence electrons. The van der Waals surface area contributed by atoms with Crippen molar-refractivity contribution in [2.45, 2.75) is 33.2 Å². The van der Waals surface area contributed by atoms with Crippen LogP contribution in [0.3, 0.4) is 0 Å². The van der Waals surface area contributed by atoms with E-state index in [4.69, 9.17) is 4.74 Å². The highest BCUT2D eigenvalue weighted by atomic mass is 16.5. The number of benzene rings is 1. The Labute approximate surface area is 104 Å². The summed E-state index contributed by atoms with van der Waals surface area (Å²) in [5.74, 6) is 2.37. The quantitative estimate of drug-likeness (QED) is 0.862. The molecule has 2 atom stereocenters. The van der Waals surface area contributed by atoms with Crippen LogP contribution < -0.4 is 10.1 Å². The van der Waals surface area contributed by atoms with E-state index in [2.05, 4.69) is 44.3 Å². The fraction of sp³-hybridized carbons (Fsp3) is 0.600. The average Bonchev–Trinajstić information content (AvgIpc) is 2.78. The van der Waals surface area contributed by atoms with E-state index in [0.717, 1.165) is 18.8 Å². The minimum absolute atomic E-state index is 0.378. The summed E-state index contributed by atoms with van der Waals surface area (Å²) < 4.78 is 5.80. The van der Waals surface area contributed by atoms with Crippen LogP contribution in [-0.2, 0) is 6.42 Å². The van der Waals surface area contributed by atoms with Gasteiger partial charge in [-0.15, -0.1) is 0 Å². The van der Waals surface area contributed by atoms with Gasteiger partial charge in [0.25, 0.3) is 0 Å². The normalized spacial score (nSPS) is 17.7. The van der Waals surface area contributed by atoms with Gasteiger partial charge in [-0.1, -0.05) is 39.0 Å². The van der Waals surface area contributed by atoms with Crippen LogP contribution in [-0.4, -0.2) is 13.7 Å². The van der Waals surface area contributed by atoms with Crippen molar-refractivity contribution < 1.29 is 4.74 Å². The molecule has 0 bridgehead atoms. The van der Waals surface area contributed by atoms with Crippen molar-refractivity contribution in [3.8, 4) is 5.75 Å². The van der Waals surface area contributed by atoms with Crippen LogP contribution in [0.25, 0.3) is 0 Å². The third-order valence-corrected chi connectivity index (χ3v) is 3.97. The highest BCUT2D eigenvalue weighted by Gasteiger charge is 2.26. The zero-order chi connectivity index (χ0) is 12.4. The molecule has 0 spiro atoms. The molecule has 0 saturated carbocycles. The number of fused-ring (bicyclic) bond motifs is 1. The fourth-order valence-corrected chi connectivity index (χ4v) is 2.57. The van der Waals surface area contributed by atoms with E-state index in [9.17, 15) is 0 Å². The topological polar surface area (TPSA) is 21.3 Å². The largest absolute Gasteiger partial charge is 0.493 e. The SMILES string of the molecule is CNC(c1cccc2c1OCC2)C(C)C(C)C. The van der Waals surface area contributed by atoms with E-state index in [1.54, 1.807) is 0 Å². The van der Waals surface area contributed by atoms with Crippen LogP contribution in [0.4, 0.5) is 0 Å². The molecule has 0 amide bonds. The van der Waals surface area contributed by atoms with Crippen LogP contribution in [0.1, 0.15) is 37.9 Å². The Kier molecular flexibility index (Phi) is 3.72. The molecule has 2 nitrogen and oxygen atoms in total. The predicted octanol–water partition coefficient (Wildman–Crippen LogP) is 3.17. The number of ether oxygens (including phenoxy) is 1. The summed E-state index contributed by atoms with van der Waals surface area (Å²) in [7, 11) is 2.04. The summed E-state index contributed by atoms with van der Waals surface area (Å²) in [4.78, 5) is 0. The minimum atomic E-state index is 0.378. The highest BCUT2D eigenvalue weighted by Crippen LogP contribution is 2.37. The van der Waals surface area contributed by atoms with E-state index in [1.165, 1.54) is 11.1 Å². The predicted molar refractivity (Wildman–Crippen MR) is 71.4 cm³/mol. The average molecular weight is 233 g/mol. The third-order valence-electron chi connectivity index (χ3n) is 3.97. The van der Waals surface area contributed by atoms with Gasteiger partial charge in [0.05, 0.1) is 6.61 Å². The molecule has 1 aliphatic heterocycles. The van der Waals surface area contributed by atoms with Gasteiger partial charge in [0, 0.05) is 18.0 Å².